The van der Waals surface area contributed by atoms with Crippen LogP contribution in [0, 0.1) is 0 Å². The van der Waals surface area contributed by atoms with Crippen LogP contribution in [0.4, 0.5) is 0 Å². The molecule has 4 N–H and O–H groups in total. The average molecular weight is 144 g/mol. The summed E-state index contributed by atoms with van der Waals surface area (Å²) in [5.41, 5.74) is 11.4. The Bertz CT molecular complexity index is 126. The van der Waals surface area contributed by atoms with Crippen molar-refractivity contribution in [3.63, 3.8) is 0 Å². The summed E-state index contributed by atoms with van der Waals surface area (Å²) in [4.78, 5) is 0. The van der Waals surface area contributed by atoms with E-state index in [1.807, 2.05) is 0 Å². The van der Waals surface area contributed by atoms with Crippen LogP contribution < -0.4 is 11.5 Å². The molecule has 10 heavy (non-hydrogen) atoms. The van der Waals surface area contributed by atoms with Gasteiger partial charge in [-0.2, -0.15) is 0 Å². The zero-order valence-electron chi connectivity index (χ0n) is 5.69. The second kappa shape index (κ2) is 2.17. The normalized spacial score (nSPS) is 53.4. The molecule has 0 spiro atoms. The van der Waals surface area contributed by atoms with Crippen LogP contribution in [-0.2, 0) is 9.47 Å². The number of rotatable bonds is 0. The van der Waals surface area contributed by atoms with Gasteiger partial charge in [-0.3, -0.25) is 0 Å². The van der Waals surface area contributed by atoms with Crippen LogP contribution in [-0.4, -0.2) is 37.5 Å². The Morgan fingerprint density at radius 3 is 1.70 bits per heavy atom. The van der Waals surface area contributed by atoms with Crippen LogP contribution in [0.2, 0.25) is 0 Å². The Balaban J connectivity index is 2.09. The van der Waals surface area contributed by atoms with Gasteiger partial charge in [-0.1, -0.05) is 0 Å². The van der Waals surface area contributed by atoms with Crippen molar-refractivity contribution in [2.45, 2.75) is 24.3 Å². The van der Waals surface area contributed by atoms with Crippen LogP contribution in [0.25, 0.3) is 0 Å². The van der Waals surface area contributed by atoms with Gasteiger partial charge in [-0.05, 0) is 0 Å². The summed E-state index contributed by atoms with van der Waals surface area (Å²) in [6, 6.07) is 0.0529. The second-order valence-corrected chi connectivity index (χ2v) is 2.92. The third-order valence-corrected chi connectivity index (χ3v) is 2.13. The molecule has 2 aliphatic heterocycles. The van der Waals surface area contributed by atoms with E-state index in [2.05, 4.69) is 0 Å². The zero-order valence-corrected chi connectivity index (χ0v) is 5.69. The first-order valence-electron chi connectivity index (χ1n) is 3.53. The summed E-state index contributed by atoms with van der Waals surface area (Å²) in [5.74, 6) is 0. The van der Waals surface area contributed by atoms with Gasteiger partial charge in [0.25, 0.3) is 0 Å². The van der Waals surface area contributed by atoms with Gasteiger partial charge in [0.2, 0.25) is 0 Å². The van der Waals surface area contributed by atoms with Gasteiger partial charge in [-0.15, -0.1) is 0 Å². The van der Waals surface area contributed by atoms with Crippen LogP contribution >= 0.6 is 0 Å². The number of ether oxygens (including phenoxy) is 2. The first-order valence-corrected chi connectivity index (χ1v) is 3.53. The van der Waals surface area contributed by atoms with Crippen molar-refractivity contribution in [1.82, 2.24) is 0 Å². The predicted molar refractivity (Wildman–Crippen MR) is 35.4 cm³/mol. The number of hydrogen-bond donors (Lipinski definition) is 2. The molecule has 0 aliphatic carbocycles. The van der Waals surface area contributed by atoms with Crippen molar-refractivity contribution in [2.75, 3.05) is 13.2 Å². The molecule has 2 aliphatic rings. The second-order valence-electron chi connectivity index (χ2n) is 2.92. The molecule has 2 rings (SSSR count). The highest BCUT2D eigenvalue weighted by molar-refractivity contribution is 4.97. The molecule has 0 aromatic heterocycles. The molecule has 4 heteroatoms. The van der Waals surface area contributed by atoms with E-state index in [1.165, 1.54) is 0 Å². The minimum absolute atomic E-state index is 0.0264. The number of nitrogens with two attached hydrogens (primary N) is 2. The monoisotopic (exact) mass is 144 g/mol. The molecule has 4 nitrogen and oxygen atoms in total. The maximum atomic E-state index is 5.68. The average Bonchev–Trinajstić information content (AvgIpc) is 2.41. The summed E-state index contributed by atoms with van der Waals surface area (Å²) in [7, 11) is 0. The Morgan fingerprint density at radius 2 is 1.30 bits per heavy atom. The molecule has 0 aromatic carbocycles. The molecular formula is C6H12N2O2. The van der Waals surface area contributed by atoms with Crippen LogP contribution in [0.3, 0.4) is 0 Å². The molecule has 0 bridgehead atoms. The lowest BCUT2D eigenvalue weighted by Gasteiger charge is -2.10. The Morgan fingerprint density at radius 1 is 0.900 bits per heavy atom. The van der Waals surface area contributed by atoms with E-state index >= 15 is 0 Å². The van der Waals surface area contributed by atoms with Crippen LogP contribution in [0.15, 0.2) is 0 Å². The Kier molecular flexibility index (Phi) is 1.42. The fraction of sp³-hybridized carbons (Fsp3) is 1.00. The maximum absolute atomic E-state index is 5.68. The summed E-state index contributed by atoms with van der Waals surface area (Å²) in [6.07, 6.45) is 0.102. The first kappa shape index (κ1) is 6.54. The van der Waals surface area contributed by atoms with E-state index in [-0.39, 0.29) is 24.3 Å². The fourth-order valence-electron chi connectivity index (χ4n) is 1.56. The van der Waals surface area contributed by atoms with Crippen LogP contribution in [0.5, 0.6) is 0 Å². The van der Waals surface area contributed by atoms with E-state index in [9.17, 15) is 0 Å². The van der Waals surface area contributed by atoms with E-state index in [1.54, 1.807) is 0 Å². The predicted octanol–water partition coefficient (Wildman–Crippen LogP) is -1.56. The molecule has 0 unspecified atom stereocenters. The van der Waals surface area contributed by atoms with Crippen molar-refractivity contribution >= 4 is 0 Å². The topological polar surface area (TPSA) is 70.5 Å². The van der Waals surface area contributed by atoms with Crippen molar-refractivity contribution < 1.29 is 9.47 Å². The van der Waals surface area contributed by atoms with E-state index in [0.717, 1.165) is 0 Å². The lowest BCUT2D eigenvalue weighted by atomic mass is 10.1. The molecule has 58 valence electrons. The molecule has 0 saturated carbocycles. The molecule has 0 radical (unpaired) electrons. The lowest BCUT2D eigenvalue weighted by Crippen LogP contribution is -2.39. The van der Waals surface area contributed by atoms with Gasteiger partial charge >= 0.3 is 0 Å². The van der Waals surface area contributed by atoms with Crippen LogP contribution in [0.1, 0.15) is 0 Å². The van der Waals surface area contributed by atoms with Gasteiger partial charge in [-0.25, -0.2) is 0 Å². The smallest absolute Gasteiger partial charge is 0.103 e. The summed E-state index contributed by atoms with van der Waals surface area (Å²) in [5, 5.41) is 0. The van der Waals surface area contributed by atoms with Gasteiger partial charge in [0.15, 0.2) is 0 Å². The standard InChI is InChI=1S/C6H12N2O2/c7-3-1-9-6-4(8)2-10-5(3)6/h3-6H,1-2,7-8H2/t3-,4-,5+,6+/m1/s1. The van der Waals surface area contributed by atoms with E-state index in [4.69, 9.17) is 20.9 Å². The van der Waals surface area contributed by atoms with Gasteiger partial charge in [0.05, 0.1) is 25.3 Å². The largest absolute Gasteiger partial charge is 0.372 e. The molecule has 4 atom stereocenters. The highest BCUT2D eigenvalue weighted by Crippen LogP contribution is 2.24. The SMILES string of the molecule is N[C@@H]1CO[C@@H]2[C@H]1OC[C@H]2N. The molecular weight excluding hydrogens is 132 g/mol. The maximum Gasteiger partial charge on any atom is 0.103 e. The van der Waals surface area contributed by atoms with E-state index in [0.29, 0.717) is 13.2 Å². The lowest BCUT2D eigenvalue weighted by molar-refractivity contribution is 0.0691. The molecule has 0 amide bonds. The Labute approximate surface area is 59.5 Å². The third kappa shape index (κ3) is 0.769. The fourth-order valence-corrected chi connectivity index (χ4v) is 1.56. The van der Waals surface area contributed by atoms with Crippen molar-refractivity contribution in [1.29, 1.82) is 0 Å². The van der Waals surface area contributed by atoms with Gasteiger partial charge in [0, 0.05) is 0 Å². The molecule has 2 saturated heterocycles. The van der Waals surface area contributed by atoms with Crippen molar-refractivity contribution in [3.05, 3.63) is 0 Å². The highest BCUT2D eigenvalue weighted by atomic mass is 16.6. The highest BCUT2D eigenvalue weighted by Gasteiger charge is 2.44. The Hall–Kier alpha value is -0.160. The quantitative estimate of drug-likeness (QED) is 0.431. The van der Waals surface area contributed by atoms with Crippen molar-refractivity contribution in [3.8, 4) is 0 Å². The van der Waals surface area contributed by atoms with Crippen molar-refractivity contribution in [2.24, 2.45) is 11.5 Å². The summed E-state index contributed by atoms with van der Waals surface area (Å²) < 4.78 is 10.7. The van der Waals surface area contributed by atoms with Gasteiger partial charge in [0.1, 0.15) is 12.2 Å². The summed E-state index contributed by atoms with van der Waals surface area (Å²) in [6.45, 7) is 1.17. The first-order chi connectivity index (χ1) is 4.79. The van der Waals surface area contributed by atoms with Gasteiger partial charge < -0.3 is 20.9 Å². The third-order valence-electron chi connectivity index (χ3n) is 2.13. The number of hydrogen-bond acceptors (Lipinski definition) is 4. The molecule has 2 fully saturated rings. The minimum Gasteiger partial charge on any atom is -0.372 e. The summed E-state index contributed by atoms with van der Waals surface area (Å²) >= 11 is 0. The number of fused-ring (bicyclic) bond motifs is 1. The molecule has 2 heterocycles. The minimum atomic E-state index is 0.0264. The molecule has 0 aromatic rings. The zero-order chi connectivity index (χ0) is 7.14. The van der Waals surface area contributed by atoms with E-state index < -0.39 is 0 Å².